The molecule has 0 bridgehead atoms. The topological polar surface area (TPSA) is 59.8 Å². The van der Waals surface area contributed by atoms with E-state index in [-0.39, 0.29) is 10.7 Å². The molecule has 2 rings (SSSR count). The molecule has 6 heteroatoms. The van der Waals surface area contributed by atoms with Gasteiger partial charge in [-0.1, -0.05) is 51.1 Å². The van der Waals surface area contributed by atoms with Crippen molar-refractivity contribution in [3.63, 3.8) is 0 Å². The number of nitrogens with one attached hydrogen (secondary N) is 1. The molecular weight excluding hydrogens is 308 g/mol. The Hall–Kier alpha value is -1.82. The molecule has 23 heavy (non-hydrogen) atoms. The van der Waals surface area contributed by atoms with Crippen LogP contribution in [-0.2, 0) is 11.3 Å². The molecule has 0 aliphatic carbocycles. The van der Waals surface area contributed by atoms with Crippen LogP contribution in [0.25, 0.3) is 0 Å². The van der Waals surface area contributed by atoms with E-state index in [2.05, 4.69) is 36.3 Å². The van der Waals surface area contributed by atoms with Crippen LogP contribution < -0.4 is 5.32 Å². The number of hydrogen-bond acceptors (Lipinski definition) is 4. The molecule has 0 atom stereocenters. The number of carbonyl (C=O) groups is 1. The lowest BCUT2D eigenvalue weighted by molar-refractivity contribution is -0.116. The first-order valence-electron chi connectivity index (χ1n) is 7.79. The standard InChI is InChI=1S/C17H24N4OS/c1-17(2,3)23-11-7-10-15(22)19-16-20-18-13-21(16)12-14-8-5-4-6-9-14/h4-6,8-9,13H,7,10-12H2,1-3H3,(H,19,20,22). The van der Waals surface area contributed by atoms with Crippen LogP contribution in [0.2, 0.25) is 0 Å². The second-order valence-electron chi connectivity index (χ2n) is 6.38. The Morgan fingerprint density at radius 2 is 2.00 bits per heavy atom. The van der Waals surface area contributed by atoms with Crippen molar-refractivity contribution >= 4 is 23.6 Å². The van der Waals surface area contributed by atoms with E-state index in [4.69, 9.17) is 0 Å². The zero-order chi connectivity index (χ0) is 16.7. The van der Waals surface area contributed by atoms with E-state index in [1.165, 1.54) is 0 Å². The fraction of sp³-hybridized carbons (Fsp3) is 0.471. The van der Waals surface area contributed by atoms with Gasteiger partial charge in [0.2, 0.25) is 11.9 Å². The molecule has 0 aliphatic heterocycles. The van der Waals surface area contributed by atoms with Crippen molar-refractivity contribution in [1.29, 1.82) is 0 Å². The lowest BCUT2D eigenvalue weighted by atomic mass is 10.2. The van der Waals surface area contributed by atoms with Crippen LogP contribution in [0.5, 0.6) is 0 Å². The number of anilines is 1. The van der Waals surface area contributed by atoms with E-state index >= 15 is 0 Å². The molecule has 1 aromatic carbocycles. The lowest BCUT2D eigenvalue weighted by Gasteiger charge is -2.17. The third-order valence-electron chi connectivity index (χ3n) is 3.15. The molecule has 0 fully saturated rings. The average Bonchev–Trinajstić information content (AvgIpc) is 2.91. The van der Waals surface area contributed by atoms with Crippen molar-refractivity contribution in [1.82, 2.24) is 14.8 Å². The first kappa shape index (κ1) is 17.5. The molecule has 1 amide bonds. The van der Waals surface area contributed by atoms with Crippen LogP contribution in [0, 0.1) is 0 Å². The van der Waals surface area contributed by atoms with Crippen molar-refractivity contribution in [2.75, 3.05) is 11.1 Å². The van der Waals surface area contributed by atoms with Gasteiger partial charge in [0.1, 0.15) is 6.33 Å². The molecule has 0 spiro atoms. The van der Waals surface area contributed by atoms with Gasteiger partial charge in [0.25, 0.3) is 0 Å². The van der Waals surface area contributed by atoms with Gasteiger partial charge in [-0.25, -0.2) is 0 Å². The van der Waals surface area contributed by atoms with Crippen molar-refractivity contribution in [2.24, 2.45) is 0 Å². The maximum Gasteiger partial charge on any atom is 0.231 e. The van der Waals surface area contributed by atoms with Gasteiger partial charge in [-0.05, 0) is 17.7 Å². The van der Waals surface area contributed by atoms with Crippen molar-refractivity contribution in [2.45, 2.75) is 44.9 Å². The molecule has 124 valence electrons. The Bertz CT molecular complexity index is 619. The molecule has 1 aromatic heterocycles. The van der Waals surface area contributed by atoms with Gasteiger partial charge in [0.15, 0.2) is 0 Å². The second kappa shape index (κ2) is 8.15. The van der Waals surface area contributed by atoms with Crippen molar-refractivity contribution in [3.8, 4) is 0 Å². The first-order chi connectivity index (χ1) is 10.9. The number of aromatic nitrogens is 3. The fourth-order valence-electron chi connectivity index (χ4n) is 2.05. The third-order valence-corrected chi connectivity index (χ3v) is 4.50. The van der Waals surface area contributed by atoms with Crippen LogP contribution in [-0.4, -0.2) is 31.2 Å². The lowest BCUT2D eigenvalue weighted by Crippen LogP contribution is -2.16. The highest BCUT2D eigenvalue weighted by Crippen LogP contribution is 2.24. The monoisotopic (exact) mass is 332 g/mol. The van der Waals surface area contributed by atoms with Crippen LogP contribution in [0.1, 0.15) is 39.2 Å². The summed E-state index contributed by atoms with van der Waals surface area (Å²) in [6.07, 6.45) is 3.00. The van der Waals surface area contributed by atoms with Crippen molar-refractivity contribution < 1.29 is 4.79 Å². The molecule has 2 aromatic rings. The summed E-state index contributed by atoms with van der Waals surface area (Å²) >= 11 is 1.88. The molecule has 1 heterocycles. The van der Waals surface area contributed by atoms with E-state index in [9.17, 15) is 4.79 Å². The van der Waals surface area contributed by atoms with E-state index in [0.29, 0.717) is 18.9 Å². The quantitative estimate of drug-likeness (QED) is 0.787. The normalized spacial score (nSPS) is 11.4. The summed E-state index contributed by atoms with van der Waals surface area (Å²) < 4.78 is 2.09. The average molecular weight is 332 g/mol. The minimum atomic E-state index is -0.0122. The minimum Gasteiger partial charge on any atom is -0.295 e. The van der Waals surface area contributed by atoms with Gasteiger partial charge < -0.3 is 0 Å². The Kier molecular flexibility index (Phi) is 6.21. The Morgan fingerprint density at radius 3 is 2.70 bits per heavy atom. The fourth-order valence-corrected chi connectivity index (χ4v) is 2.95. The molecule has 1 N–H and O–H groups in total. The van der Waals surface area contributed by atoms with Gasteiger partial charge in [-0.15, -0.1) is 10.2 Å². The summed E-state index contributed by atoms with van der Waals surface area (Å²) in [6, 6.07) is 10.0. The number of hydrogen-bond donors (Lipinski definition) is 1. The van der Waals surface area contributed by atoms with Gasteiger partial charge in [0.05, 0.1) is 6.54 Å². The van der Waals surface area contributed by atoms with Gasteiger partial charge in [0, 0.05) is 11.2 Å². The minimum absolute atomic E-state index is 0.0122. The zero-order valence-corrected chi connectivity index (χ0v) is 14.8. The van der Waals surface area contributed by atoms with E-state index in [1.54, 1.807) is 6.33 Å². The summed E-state index contributed by atoms with van der Waals surface area (Å²) in [5.74, 6) is 1.47. The molecule has 5 nitrogen and oxygen atoms in total. The van der Waals surface area contributed by atoms with E-state index in [1.807, 2.05) is 46.7 Å². The maximum atomic E-state index is 12.0. The molecule has 0 saturated heterocycles. The summed E-state index contributed by atoms with van der Waals surface area (Å²) in [5, 5.41) is 10.7. The molecule has 0 radical (unpaired) electrons. The molecular formula is C17H24N4OS. The number of benzene rings is 1. The Morgan fingerprint density at radius 1 is 1.26 bits per heavy atom. The number of carbonyl (C=O) groups excluding carboxylic acids is 1. The maximum absolute atomic E-state index is 12.0. The number of nitrogens with zero attached hydrogens (tertiary/aromatic N) is 3. The van der Waals surface area contributed by atoms with Crippen LogP contribution in [0.3, 0.4) is 0 Å². The van der Waals surface area contributed by atoms with Crippen LogP contribution in [0.15, 0.2) is 36.7 Å². The summed E-state index contributed by atoms with van der Waals surface area (Å²) in [5.41, 5.74) is 1.14. The summed E-state index contributed by atoms with van der Waals surface area (Å²) in [7, 11) is 0. The first-order valence-corrected chi connectivity index (χ1v) is 8.78. The third kappa shape index (κ3) is 6.44. The predicted molar refractivity (Wildman–Crippen MR) is 95.6 cm³/mol. The van der Waals surface area contributed by atoms with E-state index < -0.39 is 0 Å². The Labute approximate surface area is 141 Å². The number of amides is 1. The smallest absolute Gasteiger partial charge is 0.231 e. The largest absolute Gasteiger partial charge is 0.295 e. The van der Waals surface area contributed by atoms with Gasteiger partial charge in [-0.2, -0.15) is 11.8 Å². The van der Waals surface area contributed by atoms with Crippen LogP contribution in [0.4, 0.5) is 5.95 Å². The molecule has 0 unspecified atom stereocenters. The highest BCUT2D eigenvalue weighted by atomic mass is 32.2. The van der Waals surface area contributed by atoms with E-state index in [0.717, 1.165) is 17.7 Å². The predicted octanol–water partition coefficient (Wildman–Crippen LogP) is 3.58. The summed E-state index contributed by atoms with van der Waals surface area (Å²) in [6.45, 7) is 7.20. The van der Waals surface area contributed by atoms with Crippen LogP contribution >= 0.6 is 11.8 Å². The number of rotatable bonds is 7. The zero-order valence-electron chi connectivity index (χ0n) is 14.0. The summed E-state index contributed by atoms with van der Waals surface area (Å²) in [4.78, 5) is 12.0. The molecule has 0 aliphatic rings. The molecule has 0 saturated carbocycles. The van der Waals surface area contributed by atoms with Gasteiger partial charge in [-0.3, -0.25) is 14.7 Å². The SMILES string of the molecule is CC(C)(C)SCCCC(=O)Nc1nncn1Cc1ccccc1. The van der Waals surface area contributed by atoms with Gasteiger partial charge >= 0.3 is 0 Å². The van der Waals surface area contributed by atoms with Crippen molar-refractivity contribution in [3.05, 3.63) is 42.2 Å². The second-order valence-corrected chi connectivity index (χ2v) is 8.30. The Balaban J connectivity index is 1.81. The highest BCUT2D eigenvalue weighted by Gasteiger charge is 2.12. The number of thioether (sulfide) groups is 1. The highest BCUT2D eigenvalue weighted by molar-refractivity contribution is 8.00.